The standard InChI is InChI=1S/C16H20N6O/c1-10-18-15(21-20-10)14-11(7-8-23-14)9-17-16-19-12-5-3-4-6-13(12)22(16)2/h3-6,11,14H,7-9H2,1-2H3,(H,17,19)(H,18,20,21)/t11-,14-/m0/s1. The smallest absolute Gasteiger partial charge is 0.203 e. The molecule has 2 atom stereocenters. The quantitative estimate of drug-likeness (QED) is 0.772. The molecule has 0 spiro atoms. The third-order valence-corrected chi connectivity index (χ3v) is 4.39. The van der Waals surface area contributed by atoms with Crippen molar-refractivity contribution in [2.24, 2.45) is 13.0 Å². The first-order valence-corrected chi connectivity index (χ1v) is 7.88. The second kappa shape index (κ2) is 5.66. The van der Waals surface area contributed by atoms with Crippen molar-refractivity contribution in [3.05, 3.63) is 35.9 Å². The van der Waals surface area contributed by atoms with Gasteiger partial charge in [-0.25, -0.2) is 9.97 Å². The van der Waals surface area contributed by atoms with Gasteiger partial charge in [-0.1, -0.05) is 12.1 Å². The molecule has 0 saturated carbocycles. The van der Waals surface area contributed by atoms with Crippen molar-refractivity contribution in [1.29, 1.82) is 0 Å². The Kier molecular flexibility index (Phi) is 3.49. The third-order valence-electron chi connectivity index (χ3n) is 4.39. The van der Waals surface area contributed by atoms with Crippen LogP contribution in [0.15, 0.2) is 24.3 Å². The van der Waals surface area contributed by atoms with Gasteiger partial charge in [0.2, 0.25) is 5.95 Å². The van der Waals surface area contributed by atoms with Crippen LogP contribution in [0.2, 0.25) is 0 Å². The predicted molar refractivity (Wildman–Crippen MR) is 87.1 cm³/mol. The van der Waals surface area contributed by atoms with Gasteiger partial charge in [0.05, 0.1) is 11.0 Å². The van der Waals surface area contributed by atoms with E-state index in [9.17, 15) is 0 Å². The van der Waals surface area contributed by atoms with Crippen LogP contribution < -0.4 is 5.32 Å². The lowest BCUT2D eigenvalue weighted by Crippen LogP contribution is -2.20. The van der Waals surface area contributed by atoms with Crippen LogP contribution in [0, 0.1) is 12.8 Å². The maximum absolute atomic E-state index is 5.83. The van der Waals surface area contributed by atoms with Crippen LogP contribution in [0.1, 0.15) is 24.2 Å². The number of anilines is 1. The molecule has 2 N–H and O–H groups in total. The van der Waals surface area contributed by atoms with E-state index < -0.39 is 0 Å². The summed E-state index contributed by atoms with van der Waals surface area (Å²) >= 11 is 0. The van der Waals surface area contributed by atoms with Gasteiger partial charge in [0.25, 0.3) is 0 Å². The van der Waals surface area contributed by atoms with Crippen molar-refractivity contribution in [1.82, 2.24) is 24.7 Å². The summed E-state index contributed by atoms with van der Waals surface area (Å²) in [6.45, 7) is 3.43. The summed E-state index contributed by atoms with van der Waals surface area (Å²) in [4.78, 5) is 9.06. The maximum atomic E-state index is 5.83. The van der Waals surface area contributed by atoms with Crippen LogP contribution in [0.3, 0.4) is 0 Å². The molecule has 1 fully saturated rings. The topological polar surface area (TPSA) is 80.7 Å². The van der Waals surface area contributed by atoms with E-state index in [2.05, 4.69) is 36.1 Å². The van der Waals surface area contributed by atoms with Gasteiger partial charge < -0.3 is 14.6 Å². The monoisotopic (exact) mass is 312 g/mol. The number of aromatic nitrogens is 5. The predicted octanol–water partition coefficient (Wildman–Crippen LogP) is 2.19. The Morgan fingerprint density at radius 1 is 1.35 bits per heavy atom. The number of rotatable bonds is 4. The van der Waals surface area contributed by atoms with Crippen molar-refractivity contribution >= 4 is 17.0 Å². The fraction of sp³-hybridized carbons (Fsp3) is 0.438. The lowest BCUT2D eigenvalue weighted by molar-refractivity contribution is 0.0863. The van der Waals surface area contributed by atoms with Gasteiger partial charge in [0.1, 0.15) is 11.9 Å². The molecule has 7 nitrogen and oxygen atoms in total. The Morgan fingerprint density at radius 2 is 2.22 bits per heavy atom. The number of nitrogens with one attached hydrogen (secondary N) is 2. The molecule has 120 valence electrons. The molecule has 3 heterocycles. The summed E-state index contributed by atoms with van der Waals surface area (Å²) in [5.41, 5.74) is 2.13. The molecule has 2 aromatic heterocycles. The zero-order valence-corrected chi connectivity index (χ0v) is 13.3. The van der Waals surface area contributed by atoms with E-state index in [1.54, 1.807) is 0 Å². The highest BCUT2D eigenvalue weighted by molar-refractivity contribution is 5.78. The molecule has 1 aliphatic rings. The van der Waals surface area contributed by atoms with Crippen LogP contribution in [-0.4, -0.2) is 37.9 Å². The number of aromatic amines is 1. The normalized spacial score (nSPS) is 21.1. The van der Waals surface area contributed by atoms with Gasteiger partial charge in [-0.15, -0.1) is 0 Å². The SMILES string of the molecule is Cc1nc([C@H]2OCC[C@H]2CNc2nc3ccccc3n2C)n[nH]1. The number of ether oxygens (including phenoxy) is 1. The van der Waals surface area contributed by atoms with Crippen molar-refractivity contribution in [2.45, 2.75) is 19.4 Å². The first kappa shape index (κ1) is 14.2. The Hall–Kier alpha value is -2.41. The van der Waals surface area contributed by atoms with Gasteiger partial charge >= 0.3 is 0 Å². The summed E-state index contributed by atoms with van der Waals surface area (Å²) in [6, 6.07) is 8.13. The number of hydrogen-bond donors (Lipinski definition) is 2. The number of para-hydroxylation sites is 2. The molecule has 3 aromatic rings. The molecule has 0 bridgehead atoms. The minimum atomic E-state index is -0.0536. The number of hydrogen-bond acceptors (Lipinski definition) is 5. The maximum Gasteiger partial charge on any atom is 0.203 e. The zero-order chi connectivity index (χ0) is 15.8. The Labute approximate surface area is 134 Å². The average molecular weight is 312 g/mol. The first-order chi connectivity index (χ1) is 11.2. The number of H-pyrrole nitrogens is 1. The second-order valence-electron chi connectivity index (χ2n) is 5.98. The van der Waals surface area contributed by atoms with Crippen LogP contribution in [0.5, 0.6) is 0 Å². The summed E-state index contributed by atoms with van der Waals surface area (Å²) in [6.07, 6.45) is 0.942. The summed E-state index contributed by atoms with van der Waals surface area (Å²) in [7, 11) is 2.03. The molecule has 4 rings (SSSR count). The van der Waals surface area contributed by atoms with E-state index in [-0.39, 0.29) is 6.10 Å². The molecule has 7 heteroatoms. The van der Waals surface area contributed by atoms with Crippen molar-refractivity contribution in [3.63, 3.8) is 0 Å². The van der Waals surface area contributed by atoms with Gasteiger partial charge in [-0.2, -0.15) is 5.10 Å². The molecule has 0 aliphatic carbocycles. The number of fused-ring (bicyclic) bond motifs is 1. The van der Waals surface area contributed by atoms with Gasteiger partial charge in [0.15, 0.2) is 5.82 Å². The highest BCUT2D eigenvalue weighted by Crippen LogP contribution is 2.32. The number of nitrogens with zero attached hydrogens (tertiary/aromatic N) is 4. The fourth-order valence-electron chi connectivity index (χ4n) is 3.14. The van der Waals surface area contributed by atoms with E-state index >= 15 is 0 Å². The van der Waals surface area contributed by atoms with Gasteiger partial charge in [-0.05, 0) is 25.5 Å². The molecule has 0 radical (unpaired) electrons. The third kappa shape index (κ3) is 2.57. The van der Waals surface area contributed by atoms with Crippen LogP contribution in [0.4, 0.5) is 5.95 Å². The minimum absolute atomic E-state index is 0.0536. The number of imidazole rings is 1. The molecule has 1 aromatic carbocycles. The highest BCUT2D eigenvalue weighted by Gasteiger charge is 2.32. The summed E-state index contributed by atoms with van der Waals surface area (Å²) < 4.78 is 7.91. The van der Waals surface area contributed by atoms with Crippen LogP contribution >= 0.6 is 0 Å². The van der Waals surface area contributed by atoms with Crippen LogP contribution in [-0.2, 0) is 11.8 Å². The first-order valence-electron chi connectivity index (χ1n) is 7.88. The number of aryl methyl sites for hydroxylation is 2. The van der Waals surface area contributed by atoms with Crippen LogP contribution in [0.25, 0.3) is 11.0 Å². The fourth-order valence-corrected chi connectivity index (χ4v) is 3.14. The second-order valence-corrected chi connectivity index (χ2v) is 5.98. The lowest BCUT2D eigenvalue weighted by atomic mass is 10.0. The lowest BCUT2D eigenvalue weighted by Gasteiger charge is -2.16. The molecule has 1 saturated heterocycles. The molecular weight excluding hydrogens is 292 g/mol. The highest BCUT2D eigenvalue weighted by atomic mass is 16.5. The van der Waals surface area contributed by atoms with E-state index in [1.165, 1.54) is 0 Å². The Morgan fingerprint density at radius 3 is 3.00 bits per heavy atom. The summed E-state index contributed by atoms with van der Waals surface area (Å²) in [5, 5.41) is 10.6. The zero-order valence-electron chi connectivity index (χ0n) is 13.3. The molecule has 0 unspecified atom stereocenters. The van der Waals surface area contributed by atoms with Crippen molar-refractivity contribution in [2.75, 3.05) is 18.5 Å². The Balaban J connectivity index is 1.50. The Bertz CT molecular complexity index is 823. The molecule has 1 aliphatic heterocycles. The molecular formula is C16H20N6O. The minimum Gasteiger partial charge on any atom is -0.370 e. The van der Waals surface area contributed by atoms with E-state index in [4.69, 9.17) is 4.74 Å². The van der Waals surface area contributed by atoms with Gasteiger partial charge in [-0.3, -0.25) is 5.10 Å². The van der Waals surface area contributed by atoms with Gasteiger partial charge in [0, 0.05) is 26.1 Å². The summed E-state index contributed by atoms with van der Waals surface area (Å²) in [5.74, 6) is 2.78. The largest absolute Gasteiger partial charge is 0.370 e. The van der Waals surface area contributed by atoms with E-state index in [0.29, 0.717) is 5.92 Å². The molecule has 23 heavy (non-hydrogen) atoms. The molecule has 0 amide bonds. The van der Waals surface area contributed by atoms with E-state index in [0.717, 1.165) is 48.2 Å². The average Bonchev–Trinajstić information content (AvgIpc) is 3.25. The van der Waals surface area contributed by atoms with E-state index in [1.807, 2.05) is 32.2 Å². The van der Waals surface area contributed by atoms with Crippen molar-refractivity contribution in [3.8, 4) is 0 Å². The number of benzene rings is 1. The van der Waals surface area contributed by atoms with Crippen molar-refractivity contribution < 1.29 is 4.74 Å².